The Balaban J connectivity index is 1.60. The first-order valence-corrected chi connectivity index (χ1v) is 8.80. The molecule has 6 nitrogen and oxygen atoms in total. The van der Waals surface area contributed by atoms with E-state index in [4.69, 9.17) is 4.74 Å². The lowest BCUT2D eigenvalue weighted by molar-refractivity contribution is -0.134. The molecule has 6 heteroatoms. The van der Waals surface area contributed by atoms with Crippen molar-refractivity contribution >= 4 is 11.8 Å². The molecule has 0 spiro atoms. The number of aromatic nitrogens is 1. The third-order valence-electron chi connectivity index (χ3n) is 4.41. The number of hydrogen-bond donors (Lipinski definition) is 1. The van der Waals surface area contributed by atoms with Gasteiger partial charge in [0, 0.05) is 26.2 Å². The van der Waals surface area contributed by atoms with Crippen molar-refractivity contribution in [2.45, 2.75) is 32.4 Å². The number of para-hydroxylation sites is 1. The molecule has 2 aromatic rings. The van der Waals surface area contributed by atoms with Gasteiger partial charge in [-0.1, -0.05) is 24.3 Å². The summed E-state index contributed by atoms with van der Waals surface area (Å²) in [5.41, 5.74) is 1.81. The number of carbonyl (C=O) groups is 2. The second-order valence-corrected chi connectivity index (χ2v) is 6.35. The molecule has 2 heterocycles. The molecule has 1 saturated heterocycles. The molecule has 0 radical (unpaired) electrons. The van der Waals surface area contributed by atoms with Crippen LogP contribution in [0.1, 0.15) is 37.1 Å². The Bertz CT molecular complexity index is 747. The van der Waals surface area contributed by atoms with E-state index in [-0.39, 0.29) is 24.5 Å². The van der Waals surface area contributed by atoms with Gasteiger partial charge in [0.15, 0.2) is 6.61 Å². The zero-order valence-corrected chi connectivity index (χ0v) is 14.9. The number of hydrogen-bond acceptors (Lipinski definition) is 4. The lowest BCUT2D eigenvalue weighted by Crippen LogP contribution is -2.34. The molecule has 0 unspecified atom stereocenters. The Labute approximate surface area is 153 Å². The van der Waals surface area contributed by atoms with Gasteiger partial charge in [-0.05, 0) is 36.6 Å². The summed E-state index contributed by atoms with van der Waals surface area (Å²) in [7, 11) is 0. The highest BCUT2D eigenvalue weighted by atomic mass is 16.5. The van der Waals surface area contributed by atoms with Crippen LogP contribution in [0.5, 0.6) is 5.75 Å². The first kappa shape index (κ1) is 17.9. The van der Waals surface area contributed by atoms with Gasteiger partial charge >= 0.3 is 0 Å². The first-order valence-electron chi connectivity index (χ1n) is 8.80. The highest BCUT2D eigenvalue weighted by Gasteiger charge is 2.30. The summed E-state index contributed by atoms with van der Waals surface area (Å²) >= 11 is 0. The van der Waals surface area contributed by atoms with Crippen molar-refractivity contribution in [3.05, 3.63) is 59.9 Å². The Morgan fingerprint density at radius 2 is 2.04 bits per heavy atom. The van der Waals surface area contributed by atoms with Gasteiger partial charge in [-0.25, -0.2) is 0 Å². The number of amides is 2. The Morgan fingerprint density at radius 1 is 1.23 bits per heavy atom. The predicted octanol–water partition coefficient (Wildman–Crippen LogP) is 2.46. The number of likely N-dealkylation sites (tertiary alicyclic amines) is 1. The smallest absolute Gasteiger partial charge is 0.261 e. The van der Waals surface area contributed by atoms with E-state index in [2.05, 4.69) is 10.3 Å². The molecule has 1 aliphatic rings. The summed E-state index contributed by atoms with van der Waals surface area (Å²) in [5, 5.41) is 2.75. The van der Waals surface area contributed by atoms with Crippen molar-refractivity contribution < 1.29 is 14.3 Å². The molecule has 26 heavy (non-hydrogen) atoms. The average molecular weight is 353 g/mol. The van der Waals surface area contributed by atoms with E-state index in [1.165, 1.54) is 6.92 Å². The molecule has 1 atom stereocenters. The maximum absolute atomic E-state index is 12.6. The summed E-state index contributed by atoms with van der Waals surface area (Å²) in [6.07, 6.45) is 3.61. The topological polar surface area (TPSA) is 71.5 Å². The van der Waals surface area contributed by atoms with Gasteiger partial charge in [0.1, 0.15) is 5.75 Å². The minimum atomic E-state index is -0.0694. The maximum Gasteiger partial charge on any atom is 0.261 e. The van der Waals surface area contributed by atoms with Crippen LogP contribution in [0.3, 0.4) is 0 Å². The summed E-state index contributed by atoms with van der Waals surface area (Å²) in [6, 6.07) is 13.2. The Hall–Kier alpha value is -2.89. The van der Waals surface area contributed by atoms with Crippen molar-refractivity contribution in [1.82, 2.24) is 15.2 Å². The van der Waals surface area contributed by atoms with Crippen LogP contribution >= 0.6 is 0 Å². The number of pyridine rings is 1. The average Bonchev–Trinajstić information content (AvgIpc) is 3.15. The quantitative estimate of drug-likeness (QED) is 0.866. The Morgan fingerprint density at radius 3 is 2.73 bits per heavy atom. The van der Waals surface area contributed by atoms with E-state index < -0.39 is 0 Å². The standard InChI is InChI=1S/C20H23N3O3/c1-15(24)21-12-16-9-10-18(22-13-16)19-8-5-11-23(19)20(25)14-26-17-6-3-2-4-7-17/h2-4,6-7,9-10,13,19H,5,8,11-12,14H2,1H3,(H,21,24)/t19-/m1/s1. The second-order valence-electron chi connectivity index (χ2n) is 6.35. The predicted molar refractivity (Wildman–Crippen MR) is 97.4 cm³/mol. The summed E-state index contributed by atoms with van der Waals surface area (Å²) in [6.45, 7) is 2.69. The van der Waals surface area contributed by atoms with Crippen LogP contribution in [-0.4, -0.2) is 34.8 Å². The normalized spacial score (nSPS) is 16.3. The van der Waals surface area contributed by atoms with Gasteiger partial charge < -0.3 is 15.0 Å². The second kappa shape index (κ2) is 8.47. The van der Waals surface area contributed by atoms with Crippen molar-refractivity contribution in [3.63, 3.8) is 0 Å². The molecule has 1 N–H and O–H groups in total. The number of carbonyl (C=O) groups excluding carboxylic acids is 2. The van der Waals surface area contributed by atoms with Crippen molar-refractivity contribution in [3.8, 4) is 5.75 Å². The van der Waals surface area contributed by atoms with Crippen LogP contribution in [0.4, 0.5) is 0 Å². The minimum absolute atomic E-state index is 0.0170. The number of benzene rings is 1. The van der Waals surface area contributed by atoms with E-state index in [0.29, 0.717) is 12.3 Å². The van der Waals surface area contributed by atoms with Gasteiger partial charge in [0.2, 0.25) is 5.91 Å². The fourth-order valence-corrected chi connectivity index (χ4v) is 3.08. The van der Waals surface area contributed by atoms with E-state index in [1.807, 2.05) is 47.4 Å². The summed E-state index contributed by atoms with van der Waals surface area (Å²) in [4.78, 5) is 29.9. The van der Waals surface area contributed by atoms with Crippen LogP contribution in [0.15, 0.2) is 48.7 Å². The summed E-state index contributed by atoms with van der Waals surface area (Å²) in [5.74, 6) is 0.595. The number of nitrogens with one attached hydrogen (secondary N) is 1. The third-order valence-corrected chi connectivity index (χ3v) is 4.41. The third kappa shape index (κ3) is 4.59. The fraction of sp³-hybridized carbons (Fsp3) is 0.350. The van der Waals surface area contributed by atoms with Crippen LogP contribution in [0.25, 0.3) is 0 Å². The summed E-state index contributed by atoms with van der Waals surface area (Å²) < 4.78 is 5.59. The molecule has 0 bridgehead atoms. The molecular formula is C20H23N3O3. The maximum atomic E-state index is 12.6. The fourth-order valence-electron chi connectivity index (χ4n) is 3.08. The molecule has 1 aliphatic heterocycles. The van der Waals surface area contributed by atoms with Crippen LogP contribution in [-0.2, 0) is 16.1 Å². The minimum Gasteiger partial charge on any atom is -0.484 e. The van der Waals surface area contributed by atoms with Crippen LogP contribution in [0, 0.1) is 0 Å². The van der Waals surface area contributed by atoms with Gasteiger partial charge in [0.25, 0.3) is 5.91 Å². The lowest BCUT2D eigenvalue weighted by atomic mass is 10.1. The van der Waals surface area contributed by atoms with Crippen molar-refractivity contribution in [2.75, 3.05) is 13.2 Å². The monoisotopic (exact) mass is 353 g/mol. The van der Waals surface area contributed by atoms with Crippen LogP contribution in [0.2, 0.25) is 0 Å². The van der Waals surface area contributed by atoms with Crippen molar-refractivity contribution in [2.24, 2.45) is 0 Å². The number of ether oxygens (including phenoxy) is 1. The largest absolute Gasteiger partial charge is 0.484 e. The molecule has 3 rings (SSSR count). The van der Waals surface area contributed by atoms with E-state index >= 15 is 0 Å². The first-order chi connectivity index (χ1) is 12.6. The molecule has 0 aliphatic carbocycles. The van der Waals surface area contributed by atoms with Crippen molar-refractivity contribution in [1.29, 1.82) is 0 Å². The van der Waals surface area contributed by atoms with E-state index in [9.17, 15) is 9.59 Å². The SMILES string of the molecule is CC(=O)NCc1ccc([C@H]2CCCN2C(=O)COc2ccccc2)nc1. The number of nitrogens with zero attached hydrogens (tertiary/aromatic N) is 2. The molecule has 1 aromatic heterocycles. The highest BCUT2D eigenvalue weighted by molar-refractivity contribution is 5.78. The highest BCUT2D eigenvalue weighted by Crippen LogP contribution is 2.30. The van der Waals surface area contributed by atoms with E-state index in [1.54, 1.807) is 6.20 Å². The van der Waals surface area contributed by atoms with Gasteiger partial charge in [-0.15, -0.1) is 0 Å². The zero-order chi connectivity index (χ0) is 18.4. The molecule has 1 fully saturated rings. The zero-order valence-electron chi connectivity index (χ0n) is 14.9. The van der Waals surface area contributed by atoms with Gasteiger partial charge in [-0.2, -0.15) is 0 Å². The van der Waals surface area contributed by atoms with Gasteiger partial charge in [-0.3, -0.25) is 14.6 Å². The van der Waals surface area contributed by atoms with Gasteiger partial charge in [0.05, 0.1) is 11.7 Å². The van der Waals surface area contributed by atoms with E-state index in [0.717, 1.165) is 30.6 Å². The molecule has 0 saturated carbocycles. The molecular weight excluding hydrogens is 330 g/mol. The molecule has 1 aromatic carbocycles. The molecule has 2 amide bonds. The number of rotatable bonds is 6. The lowest BCUT2D eigenvalue weighted by Gasteiger charge is -2.24. The van der Waals surface area contributed by atoms with Crippen LogP contribution < -0.4 is 10.1 Å². The molecule has 136 valence electrons. The Kier molecular flexibility index (Phi) is 5.84.